The van der Waals surface area contributed by atoms with Crippen LogP contribution in [0.4, 0.5) is 0 Å². The molecule has 0 aliphatic heterocycles. The second-order valence-electron chi connectivity index (χ2n) is 3.99. The number of aromatic nitrogens is 4. The first-order chi connectivity index (χ1) is 7.52. The molecule has 1 atom stereocenters. The molecule has 0 aromatic carbocycles. The smallest absolute Gasteiger partial charge is 0.124 e. The van der Waals surface area contributed by atoms with Crippen LogP contribution in [-0.4, -0.2) is 24.7 Å². The van der Waals surface area contributed by atoms with Crippen molar-refractivity contribution in [2.45, 2.75) is 20.0 Å². The van der Waals surface area contributed by atoms with Gasteiger partial charge in [0.25, 0.3) is 0 Å². The zero-order valence-electron chi connectivity index (χ0n) is 9.97. The SMILES string of the molecule is Cc1nn(C)c(C)c1C(O)c1ccnn1C. The molecule has 0 aliphatic carbocycles. The lowest BCUT2D eigenvalue weighted by Crippen LogP contribution is -2.08. The third-order valence-electron chi connectivity index (χ3n) is 2.98. The fraction of sp³-hybridized carbons (Fsp3) is 0.455. The molecule has 0 radical (unpaired) electrons. The molecule has 0 amide bonds. The monoisotopic (exact) mass is 220 g/mol. The Balaban J connectivity index is 2.49. The van der Waals surface area contributed by atoms with Gasteiger partial charge in [-0.05, 0) is 19.9 Å². The van der Waals surface area contributed by atoms with Crippen LogP contribution in [0.1, 0.15) is 28.7 Å². The summed E-state index contributed by atoms with van der Waals surface area (Å²) >= 11 is 0. The maximum atomic E-state index is 10.3. The molecule has 1 unspecified atom stereocenters. The number of hydrogen-bond acceptors (Lipinski definition) is 3. The Kier molecular flexibility index (Phi) is 2.55. The van der Waals surface area contributed by atoms with Gasteiger partial charge < -0.3 is 5.11 Å². The summed E-state index contributed by atoms with van der Waals surface area (Å²) in [6.45, 7) is 3.86. The van der Waals surface area contributed by atoms with E-state index in [-0.39, 0.29) is 0 Å². The van der Waals surface area contributed by atoms with Crippen molar-refractivity contribution in [2.24, 2.45) is 14.1 Å². The van der Waals surface area contributed by atoms with E-state index in [1.165, 1.54) is 0 Å². The second-order valence-corrected chi connectivity index (χ2v) is 3.99. The molecule has 16 heavy (non-hydrogen) atoms. The maximum Gasteiger partial charge on any atom is 0.124 e. The maximum absolute atomic E-state index is 10.3. The van der Waals surface area contributed by atoms with Crippen LogP contribution in [0, 0.1) is 13.8 Å². The first-order valence-corrected chi connectivity index (χ1v) is 5.18. The first-order valence-electron chi connectivity index (χ1n) is 5.18. The Labute approximate surface area is 94.3 Å². The van der Waals surface area contributed by atoms with Gasteiger partial charge in [-0.25, -0.2) is 0 Å². The zero-order chi connectivity index (χ0) is 11.9. The topological polar surface area (TPSA) is 55.9 Å². The highest BCUT2D eigenvalue weighted by Gasteiger charge is 2.21. The van der Waals surface area contributed by atoms with Gasteiger partial charge in [0.2, 0.25) is 0 Å². The lowest BCUT2D eigenvalue weighted by Gasteiger charge is -2.11. The van der Waals surface area contributed by atoms with Gasteiger partial charge in [0, 0.05) is 31.5 Å². The average molecular weight is 220 g/mol. The summed E-state index contributed by atoms with van der Waals surface area (Å²) in [5.74, 6) is 0. The van der Waals surface area contributed by atoms with Crippen LogP contribution in [-0.2, 0) is 14.1 Å². The van der Waals surface area contributed by atoms with Crippen LogP contribution in [0.5, 0.6) is 0 Å². The summed E-state index contributed by atoms with van der Waals surface area (Å²) in [5.41, 5.74) is 3.48. The molecule has 0 saturated carbocycles. The van der Waals surface area contributed by atoms with E-state index in [9.17, 15) is 5.11 Å². The molecule has 0 saturated heterocycles. The number of hydrogen-bond donors (Lipinski definition) is 1. The molecule has 2 aromatic heterocycles. The van der Waals surface area contributed by atoms with Crippen LogP contribution < -0.4 is 0 Å². The highest BCUT2D eigenvalue weighted by Crippen LogP contribution is 2.26. The minimum absolute atomic E-state index is 0.666. The molecule has 5 heteroatoms. The zero-order valence-corrected chi connectivity index (χ0v) is 9.97. The van der Waals surface area contributed by atoms with Crippen LogP contribution in [0.15, 0.2) is 12.3 Å². The Morgan fingerprint density at radius 2 is 1.94 bits per heavy atom. The predicted octanol–water partition coefficient (Wildman–Crippen LogP) is 0.852. The number of aliphatic hydroxyl groups is 1. The second kappa shape index (κ2) is 3.75. The minimum Gasteiger partial charge on any atom is -0.382 e. The molecule has 0 spiro atoms. The standard InChI is InChI=1S/C11H16N4O/c1-7-10(8(2)14(3)13-7)11(16)9-5-6-12-15(9)4/h5-6,11,16H,1-4H3. The molecule has 5 nitrogen and oxygen atoms in total. The number of nitrogens with zero attached hydrogens (tertiary/aromatic N) is 4. The van der Waals surface area contributed by atoms with Crippen molar-refractivity contribution in [1.82, 2.24) is 19.6 Å². The van der Waals surface area contributed by atoms with Gasteiger partial charge in [-0.15, -0.1) is 0 Å². The molecule has 2 heterocycles. The first kappa shape index (κ1) is 10.9. The third-order valence-corrected chi connectivity index (χ3v) is 2.98. The van der Waals surface area contributed by atoms with Gasteiger partial charge in [-0.3, -0.25) is 9.36 Å². The lowest BCUT2D eigenvalue weighted by molar-refractivity contribution is 0.208. The normalized spacial score (nSPS) is 13.1. The van der Waals surface area contributed by atoms with Gasteiger partial charge >= 0.3 is 0 Å². The highest BCUT2D eigenvalue weighted by molar-refractivity contribution is 5.32. The van der Waals surface area contributed by atoms with Crippen LogP contribution in [0.3, 0.4) is 0 Å². The van der Waals surface area contributed by atoms with E-state index in [0.29, 0.717) is 0 Å². The van der Waals surface area contributed by atoms with Crippen LogP contribution >= 0.6 is 0 Å². The van der Waals surface area contributed by atoms with E-state index in [1.807, 2.05) is 34.0 Å². The van der Waals surface area contributed by atoms with Gasteiger partial charge in [0.05, 0.1) is 11.4 Å². The van der Waals surface area contributed by atoms with E-state index in [2.05, 4.69) is 10.2 Å². The molecule has 0 aliphatic rings. The fourth-order valence-corrected chi connectivity index (χ4v) is 1.99. The van der Waals surface area contributed by atoms with Gasteiger partial charge in [0.1, 0.15) is 6.10 Å². The molecule has 1 N–H and O–H groups in total. The number of rotatable bonds is 2. The van der Waals surface area contributed by atoms with Crippen molar-refractivity contribution in [3.8, 4) is 0 Å². The molecule has 0 bridgehead atoms. The third kappa shape index (κ3) is 1.53. The van der Waals surface area contributed by atoms with Gasteiger partial charge in [0.15, 0.2) is 0 Å². The van der Waals surface area contributed by atoms with E-state index in [4.69, 9.17) is 0 Å². The van der Waals surface area contributed by atoms with Crippen molar-refractivity contribution in [3.63, 3.8) is 0 Å². The Morgan fingerprint density at radius 1 is 1.25 bits per heavy atom. The fourth-order valence-electron chi connectivity index (χ4n) is 1.99. The van der Waals surface area contributed by atoms with Crippen molar-refractivity contribution >= 4 is 0 Å². The van der Waals surface area contributed by atoms with E-state index >= 15 is 0 Å². The summed E-state index contributed by atoms with van der Waals surface area (Å²) in [4.78, 5) is 0. The molecular formula is C11H16N4O. The van der Waals surface area contributed by atoms with Gasteiger partial charge in [-0.1, -0.05) is 0 Å². The summed E-state index contributed by atoms with van der Waals surface area (Å²) in [6.07, 6.45) is 1.01. The van der Waals surface area contributed by atoms with E-state index in [0.717, 1.165) is 22.6 Å². The summed E-state index contributed by atoms with van der Waals surface area (Å²) in [7, 11) is 3.70. The Bertz CT molecular complexity index is 512. The van der Waals surface area contributed by atoms with Gasteiger partial charge in [-0.2, -0.15) is 10.2 Å². The highest BCUT2D eigenvalue weighted by atomic mass is 16.3. The van der Waals surface area contributed by atoms with Crippen molar-refractivity contribution in [1.29, 1.82) is 0 Å². The number of aryl methyl sites for hydroxylation is 3. The number of aliphatic hydroxyl groups excluding tert-OH is 1. The molecule has 2 aromatic rings. The van der Waals surface area contributed by atoms with Crippen LogP contribution in [0.2, 0.25) is 0 Å². The van der Waals surface area contributed by atoms with E-state index in [1.54, 1.807) is 15.6 Å². The average Bonchev–Trinajstić information content (AvgIpc) is 2.73. The lowest BCUT2D eigenvalue weighted by atomic mass is 10.0. The Hall–Kier alpha value is -1.62. The summed E-state index contributed by atoms with van der Waals surface area (Å²) in [5, 5.41) is 18.7. The van der Waals surface area contributed by atoms with Crippen molar-refractivity contribution in [3.05, 3.63) is 34.9 Å². The predicted molar refractivity (Wildman–Crippen MR) is 60.0 cm³/mol. The van der Waals surface area contributed by atoms with Crippen molar-refractivity contribution < 1.29 is 5.11 Å². The summed E-state index contributed by atoms with van der Waals surface area (Å²) in [6, 6.07) is 1.82. The quantitative estimate of drug-likeness (QED) is 0.816. The summed E-state index contributed by atoms with van der Waals surface area (Å²) < 4.78 is 3.46. The molecular weight excluding hydrogens is 204 g/mol. The molecule has 86 valence electrons. The van der Waals surface area contributed by atoms with Crippen LogP contribution in [0.25, 0.3) is 0 Å². The largest absolute Gasteiger partial charge is 0.382 e. The Morgan fingerprint density at radius 3 is 2.38 bits per heavy atom. The minimum atomic E-state index is -0.666. The molecule has 0 fully saturated rings. The van der Waals surface area contributed by atoms with E-state index < -0.39 is 6.10 Å². The molecule has 2 rings (SSSR count). The van der Waals surface area contributed by atoms with Crippen molar-refractivity contribution in [2.75, 3.05) is 0 Å².